The van der Waals surface area contributed by atoms with Gasteiger partial charge in [-0.05, 0) is 44.3 Å². The van der Waals surface area contributed by atoms with Gasteiger partial charge in [0, 0.05) is 29.7 Å². The lowest BCUT2D eigenvalue weighted by Crippen LogP contribution is -2.49. The van der Waals surface area contributed by atoms with Gasteiger partial charge < -0.3 is 19.8 Å². The minimum Gasteiger partial charge on any atom is -0.394 e. The average molecular weight is 382 g/mol. The monoisotopic (exact) mass is 381 g/mol. The van der Waals surface area contributed by atoms with Gasteiger partial charge in [0.1, 0.15) is 0 Å². The van der Waals surface area contributed by atoms with E-state index < -0.39 is 0 Å². The van der Waals surface area contributed by atoms with Gasteiger partial charge in [-0.25, -0.2) is 0 Å². The van der Waals surface area contributed by atoms with E-state index in [9.17, 15) is 9.90 Å². The molecular weight excluding hydrogens is 358 g/mol. The number of benzene rings is 1. The van der Waals surface area contributed by atoms with Crippen LogP contribution in [-0.2, 0) is 4.79 Å². The SMILES string of the molecule is CN(C)CC(=O)N1CC[C@@H]2[C@H]1c1cc(Br)ccc1N(C)[C@H]2CO. The number of nitrogens with zero attached hydrogens (tertiary/aromatic N) is 3. The molecule has 1 fully saturated rings. The molecule has 0 radical (unpaired) electrons. The van der Waals surface area contributed by atoms with Crippen molar-refractivity contribution in [3.05, 3.63) is 28.2 Å². The first-order chi connectivity index (χ1) is 10.9. The Hall–Kier alpha value is -1.11. The zero-order valence-electron chi connectivity index (χ0n) is 13.9. The second kappa shape index (κ2) is 6.42. The Kier molecular flexibility index (Phi) is 4.67. The molecule has 0 spiro atoms. The van der Waals surface area contributed by atoms with Gasteiger partial charge in [-0.2, -0.15) is 0 Å². The predicted octanol–water partition coefficient (Wildman–Crippen LogP) is 1.71. The van der Waals surface area contributed by atoms with E-state index in [1.54, 1.807) is 0 Å². The molecule has 2 heterocycles. The van der Waals surface area contributed by atoms with Crippen LogP contribution in [0.2, 0.25) is 0 Å². The molecule has 6 heteroatoms. The Morgan fingerprint density at radius 1 is 1.43 bits per heavy atom. The lowest BCUT2D eigenvalue weighted by atomic mass is 9.82. The van der Waals surface area contributed by atoms with Crippen LogP contribution in [0, 0.1) is 5.92 Å². The molecule has 3 rings (SSSR count). The van der Waals surface area contributed by atoms with Crippen LogP contribution in [0.5, 0.6) is 0 Å². The molecule has 0 saturated carbocycles. The first-order valence-electron chi connectivity index (χ1n) is 8.01. The lowest BCUT2D eigenvalue weighted by Gasteiger charge is -2.44. The van der Waals surface area contributed by atoms with Gasteiger partial charge in [-0.1, -0.05) is 15.9 Å². The molecule has 5 nitrogen and oxygen atoms in total. The molecule has 23 heavy (non-hydrogen) atoms. The Morgan fingerprint density at radius 2 is 2.17 bits per heavy atom. The third kappa shape index (κ3) is 2.88. The molecule has 2 aliphatic rings. The van der Waals surface area contributed by atoms with Crippen molar-refractivity contribution in [3.63, 3.8) is 0 Å². The molecule has 0 aliphatic carbocycles. The number of rotatable bonds is 3. The summed E-state index contributed by atoms with van der Waals surface area (Å²) in [6.07, 6.45) is 0.936. The Balaban J connectivity index is 2.02. The second-order valence-corrected chi connectivity index (χ2v) is 7.70. The number of carbonyl (C=O) groups excluding carboxylic acids is 1. The smallest absolute Gasteiger partial charge is 0.237 e. The summed E-state index contributed by atoms with van der Waals surface area (Å²) in [6.45, 7) is 1.30. The van der Waals surface area contributed by atoms with Crippen molar-refractivity contribution in [3.8, 4) is 0 Å². The number of aliphatic hydroxyl groups is 1. The summed E-state index contributed by atoms with van der Waals surface area (Å²) in [5.41, 5.74) is 2.29. The van der Waals surface area contributed by atoms with Crippen molar-refractivity contribution in [1.29, 1.82) is 0 Å². The minimum atomic E-state index is 0.0586. The average Bonchev–Trinajstić information content (AvgIpc) is 2.92. The van der Waals surface area contributed by atoms with E-state index in [0.29, 0.717) is 6.54 Å². The van der Waals surface area contributed by atoms with Crippen molar-refractivity contribution in [1.82, 2.24) is 9.80 Å². The van der Waals surface area contributed by atoms with Gasteiger partial charge in [0.25, 0.3) is 0 Å². The summed E-state index contributed by atoms with van der Waals surface area (Å²) < 4.78 is 1.03. The lowest BCUT2D eigenvalue weighted by molar-refractivity contribution is -0.133. The maximum atomic E-state index is 12.7. The van der Waals surface area contributed by atoms with Crippen molar-refractivity contribution < 1.29 is 9.90 Å². The Labute approximate surface area is 146 Å². The van der Waals surface area contributed by atoms with E-state index in [0.717, 1.165) is 23.1 Å². The van der Waals surface area contributed by atoms with Crippen LogP contribution in [0.1, 0.15) is 18.0 Å². The van der Waals surface area contributed by atoms with Gasteiger partial charge in [0.2, 0.25) is 5.91 Å². The van der Waals surface area contributed by atoms with Gasteiger partial charge in [-0.15, -0.1) is 0 Å². The molecule has 1 N–H and O–H groups in total. The van der Waals surface area contributed by atoms with Gasteiger partial charge in [0.15, 0.2) is 0 Å². The van der Waals surface area contributed by atoms with E-state index >= 15 is 0 Å². The van der Waals surface area contributed by atoms with Crippen molar-refractivity contribution >= 4 is 27.5 Å². The summed E-state index contributed by atoms with van der Waals surface area (Å²) in [5.74, 6) is 0.438. The molecule has 126 valence electrons. The maximum Gasteiger partial charge on any atom is 0.237 e. The zero-order valence-corrected chi connectivity index (χ0v) is 15.5. The summed E-state index contributed by atoms with van der Waals surface area (Å²) >= 11 is 3.56. The number of aliphatic hydroxyl groups excluding tert-OH is 1. The first kappa shape index (κ1) is 16.7. The highest BCUT2D eigenvalue weighted by molar-refractivity contribution is 9.10. The summed E-state index contributed by atoms with van der Waals surface area (Å²) in [7, 11) is 5.87. The van der Waals surface area contributed by atoms with Crippen LogP contribution in [-0.4, -0.2) is 67.7 Å². The fourth-order valence-corrected chi connectivity index (χ4v) is 4.44. The first-order valence-corrected chi connectivity index (χ1v) is 8.80. The zero-order chi connectivity index (χ0) is 16.7. The molecule has 0 aromatic heterocycles. The molecule has 1 aromatic carbocycles. The van der Waals surface area contributed by atoms with Crippen molar-refractivity contribution in [2.45, 2.75) is 18.5 Å². The number of anilines is 1. The number of halogens is 1. The highest BCUT2D eigenvalue weighted by Crippen LogP contribution is 2.49. The van der Waals surface area contributed by atoms with Crippen LogP contribution >= 0.6 is 15.9 Å². The molecule has 1 amide bonds. The maximum absolute atomic E-state index is 12.7. The topological polar surface area (TPSA) is 47.0 Å². The van der Waals surface area contributed by atoms with Gasteiger partial charge in [-0.3, -0.25) is 4.79 Å². The van der Waals surface area contributed by atoms with Crippen LogP contribution in [0.25, 0.3) is 0 Å². The number of carbonyl (C=O) groups is 1. The second-order valence-electron chi connectivity index (χ2n) is 6.79. The number of amides is 1. The van der Waals surface area contributed by atoms with Gasteiger partial charge in [0.05, 0.1) is 25.2 Å². The number of hydrogen-bond acceptors (Lipinski definition) is 4. The normalized spacial score (nSPS) is 26.4. The Morgan fingerprint density at radius 3 is 2.83 bits per heavy atom. The highest BCUT2D eigenvalue weighted by atomic mass is 79.9. The van der Waals surface area contributed by atoms with E-state index in [4.69, 9.17) is 0 Å². The minimum absolute atomic E-state index is 0.0586. The molecular formula is C17H24BrN3O2. The third-order valence-corrected chi connectivity index (χ3v) is 5.58. The molecule has 2 aliphatic heterocycles. The highest BCUT2D eigenvalue weighted by Gasteiger charge is 2.47. The fourth-order valence-electron chi connectivity index (χ4n) is 4.07. The number of hydrogen-bond donors (Lipinski definition) is 1. The summed E-state index contributed by atoms with van der Waals surface area (Å²) in [6, 6.07) is 6.34. The fraction of sp³-hybridized carbons (Fsp3) is 0.588. The Bertz CT molecular complexity index is 608. The van der Waals surface area contributed by atoms with Crippen LogP contribution in [0.4, 0.5) is 5.69 Å². The standard InChI is InChI=1S/C17H24BrN3O2/c1-19(2)9-16(23)21-7-6-12-15(10-22)20(3)14-5-4-11(18)8-13(14)17(12)21/h4-5,8,12,15,17,22H,6-7,9-10H2,1-3H3/t12-,15-,17-/m0/s1. The quantitative estimate of drug-likeness (QED) is 0.865. The van der Waals surface area contributed by atoms with Crippen LogP contribution < -0.4 is 4.90 Å². The number of likely N-dealkylation sites (tertiary alicyclic amines) is 1. The largest absolute Gasteiger partial charge is 0.394 e. The summed E-state index contributed by atoms with van der Waals surface area (Å²) in [5, 5.41) is 9.90. The molecule has 1 saturated heterocycles. The van der Waals surface area contributed by atoms with Crippen molar-refractivity contribution in [2.75, 3.05) is 45.7 Å². The number of fused-ring (bicyclic) bond motifs is 3. The van der Waals surface area contributed by atoms with E-state index in [1.807, 2.05) is 37.0 Å². The van der Waals surface area contributed by atoms with E-state index in [2.05, 4.69) is 33.0 Å². The number of likely N-dealkylation sites (N-methyl/N-ethyl adjacent to an activating group) is 2. The molecule has 3 atom stereocenters. The van der Waals surface area contributed by atoms with Crippen LogP contribution in [0.3, 0.4) is 0 Å². The molecule has 0 unspecified atom stereocenters. The van der Waals surface area contributed by atoms with Gasteiger partial charge >= 0.3 is 0 Å². The molecule has 0 bridgehead atoms. The third-order valence-electron chi connectivity index (χ3n) is 5.08. The van der Waals surface area contributed by atoms with Crippen LogP contribution in [0.15, 0.2) is 22.7 Å². The van der Waals surface area contributed by atoms with E-state index in [1.165, 1.54) is 5.56 Å². The molecule has 1 aromatic rings. The summed E-state index contributed by atoms with van der Waals surface area (Å²) in [4.78, 5) is 18.8. The van der Waals surface area contributed by atoms with E-state index in [-0.39, 0.29) is 30.5 Å². The predicted molar refractivity (Wildman–Crippen MR) is 94.5 cm³/mol. The van der Waals surface area contributed by atoms with Crippen molar-refractivity contribution in [2.24, 2.45) is 5.92 Å².